The van der Waals surface area contributed by atoms with E-state index in [2.05, 4.69) is 0 Å². The van der Waals surface area contributed by atoms with E-state index in [4.69, 9.17) is 0 Å². The molecule has 3 atom stereocenters. The lowest BCUT2D eigenvalue weighted by atomic mass is 9.76. The highest BCUT2D eigenvalue weighted by molar-refractivity contribution is 6.35. The van der Waals surface area contributed by atoms with E-state index in [1.54, 1.807) is 24.3 Å². The lowest BCUT2D eigenvalue weighted by Crippen LogP contribution is -2.59. The maximum atomic E-state index is 13.7. The van der Waals surface area contributed by atoms with Gasteiger partial charge in [-0.2, -0.15) is 0 Å². The lowest BCUT2D eigenvalue weighted by Gasteiger charge is -2.35. The molecule has 1 aliphatic carbocycles. The van der Waals surface area contributed by atoms with Gasteiger partial charge in [0, 0.05) is 17.2 Å². The van der Waals surface area contributed by atoms with Crippen LogP contribution in [0.25, 0.3) is 0 Å². The number of ketones is 2. The van der Waals surface area contributed by atoms with Gasteiger partial charge in [-0.25, -0.2) is 0 Å². The summed E-state index contributed by atoms with van der Waals surface area (Å²) in [5, 5.41) is 0. The molecule has 2 aromatic rings. The van der Waals surface area contributed by atoms with Crippen molar-refractivity contribution >= 4 is 23.4 Å². The molecule has 3 unspecified atom stereocenters. The first kappa shape index (κ1) is 17.7. The van der Waals surface area contributed by atoms with Crippen LogP contribution in [0.1, 0.15) is 39.1 Å². The van der Waals surface area contributed by atoms with Gasteiger partial charge in [-0.15, -0.1) is 0 Å². The number of benzene rings is 2. The molecule has 1 spiro atoms. The maximum Gasteiger partial charge on any atom is 0.236 e. The Labute approximate surface area is 173 Å². The molecule has 2 aromatic carbocycles. The highest BCUT2D eigenvalue weighted by Crippen LogP contribution is 2.56. The molecule has 30 heavy (non-hydrogen) atoms. The predicted octanol–water partition coefficient (Wildman–Crippen LogP) is 2.08. The van der Waals surface area contributed by atoms with Gasteiger partial charge >= 0.3 is 0 Å². The van der Waals surface area contributed by atoms with Gasteiger partial charge in [0.25, 0.3) is 0 Å². The topological polar surface area (TPSA) is 74.8 Å². The molecule has 3 aliphatic heterocycles. The average molecular weight is 400 g/mol. The van der Waals surface area contributed by atoms with Crippen LogP contribution in [0.3, 0.4) is 0 Å². The molecule has 0 saturated carbocycles. The molecule has 0 bridgehead atoms. The van der Waals surface area contributed by atoms with Crippen LogP contribution in [-0.4, -0.2) is 51.3 Å². The van der Waals surface area contributed by atoms with Crippen LogP contribution in [0.15, 0.2) is 54.6 Å². The van der Waals surface area contributed by atoms with Crippen molar-refractivity contribution in [1.82, 2.24) is 9.80 Å². The summed E-state index contributed by atoms with van der Waals surface area (Å²) >= 11 is 0. The van der Waals surface area contributed by atoms with Gasteiger partial charge in [0.2, 0.25) is 11.8 Å². The zero-order chi connectivity index (χ0) is 20.6. The van der Waals surface area contributed by atoms with Crippen molar-refractivity contribution in [2.24, 2.45) is 11.8 Å². The lowest BCUT2D eigenvalue weighted by molar-refractivity contribution is -0.142. The predicted molar refractivity (Wildman–Crippen MR) is 107 cm³/mol. The van der Waals surface area contributed by atoms with Crippen molar-refractivity contribution in [2.75, 3.05) is 6.54 Å². The van der Waals surface area contributed by atoms with Crippen LogP contribution >= 0.6 is 0 Å². The zero-order valence-corrected chi connectivity index (χ0v) is 16.3. The smallest absolute Gasteiger partial charge is 0.236 e. The Morgan fingerprint density at radius 3 is 2.13 bits per heavy atom. The van der Waals surface area contributed by atoms with E-state index >= 15 is 0 Å². The van der Waals surface area contributed by atoms with Crippen molar-refractivity contribution in [3.63, 3.8) is 0 Å². The highest BCUT2D eigenvalue weighted by Gasteiger charge is 2.76. The molecular formula is C24H20N2O4. The van der Waals surface area contributed by atoms with E-state index < -0.39 is 23.3 Å². The van der Waals surface area contributed by atoms with Gasteiger partial charge in [-0.1, -0.05) is 54.6 Å². The fraction of sp³-hybridized carbons (Fsp3) is 0.333. The van der Waals surface area contributed by atoms with E-state index in [0.29, 0.717) is 17.7 Å². The minimum absolute atomic E-state index is 0.170. The van der Waals surface area contributed by atoms with Gasteiger partial charge in [0.15, 0.2) is 17.1 Å². The largest absolute Gasteiger partial charge is 0.291 e. The second-order valence-corrected chi connectivity index (χ2v) is 8.62. The third-order valence-electron chi connectivity index (χ3n) is 7.35. The highest BCUT2D eigenvalue weighted by atomic mass is 16.2. The summed E-state index contributed by atoms with van der Waals surface area (Å²) in [5.41, 5.74) is 0.0308. The molecule has 6 rings (SSSR count). The number of fused-ring (bicyclic) bond motifs is 6. The Morgan fingerprint density at radius 2 is 1.47 bits per heavy atom. The van der Waals surface area contributed by atoms with Gasteiger partial charge in [-0.05, 0) is 24.9 Å². The minimum Gasteiger partial charge on any atom is -0.291 e. The fourth-order valence-corrected chi connectivity index (χ4v) is 6.22. The van der Waals surface area contributed by atoms with E-state index in [1.165, 1.54) is 4.90 Å². The molecular weight excluding hydrogens is 380 g/mol. The van der Waals surface area contributed by atoms with Crippen molar-refractivity contribution in [3.8, 4) is 0 Å². The molecule has 6 nitrogen and oxygen atoms in total. The Balaban J connectivity index is 1.49. The molecule has 3 heterocycles. The Bertz CT molecular complexity index is 1090. The molecule has 4 aliphatic rings. The first-order valence-electron chi connectivity index (χ1n) is 10.4. The van der Waals surface area contributed by atoms with Gasteiger partial charge in [0.1, 0.15) is 0 Å². The monoisotopic (exact) mass is 400 g/mol. The summed E-state index contributed by atoms with van der Waals surface area (Å²) in [4.78, 5) is 57.6. The Hall–Kier alpha value is -3.12. The molecule has 6 heteroatoms. The second-order valence-electron chi connectivity index (χ2n) is 8.62. The molecule has 150 valence electrons. The molecule has 3 fully saturated rings. The Morgan fingerprint density at radius 1 is 0.833 bits per heavy atom. The molecule has 0 aromatic heterocycles. The quantitative estimate of drug-likeness (QED) is 0.570. The van der Waals surface area contributed by atoms with Crippen molar-refractivity contribution < 1.29 is 19.2 Å². The number of nitrogens with zero attached hydrogens (tertiary/aromatic N) is 2. The molecule has 3 saturated heterocycles. The van der Waals surface area contributed by atoms with Crippen LogP contribution in [0.5, 0.6) is 0 Å². The van der Waals surface area contributed by atoms with E-state index in [9.17, 15) is 19.2 Å². The number of imide groups is 1. The maximum absolute atomic E-state index is 13.7. The fourth-order valence-electron chi connectivity index (χ4n) is 6.22. The molecule has 0 radical (unpaired) electrons. The van der Waals surface area contributed by atoms with Crippen molar-refractivity contribution in [2.45, 2.75) is 31.0 Å². The third-order valence-corrected chi connectivity index (χ3v) is 7.35. The van der Waals surface area contributed by atoms with Crippen LogP contribution in [-0.2, 0) is 16.1 Å². The summed E-state index contributed by atoms with van der Waals surface area (Å²) < 4.78 is 0. The third kappa shape index (κ3) is 1.92. The number of amides is 2. The van der Waals surface area contributed by atoms with E-state index in [0.717, 1.165) is 18.4 Å². The van der Waals surface area contributed by atoms with Crippen molar-refractivity contribution in [1.29, 1.82) is 0 Å². The number of Topliss-reactive ketones (excluding diaryl/α,β-unsaturated/α-hetero) is 2. The van der Waals surface area contributed by atoms with Crippen molar-refractivity contribution in [3.05, 3.63) is 71.3 Å². The number of rotatable bonds is 2. The summed E-state index contributed by atoms with van der Waals surface area (Å²) in [7, 11) is 0. The first-order chi connectivity index (χ1) is 14.6. The minimum atomic E-state index is -1.56. The number of hydrogen-bond donors (Lipinski definition) is 0. The van der Waals surface area contributed by atoms with Gasteiger partial charge in [-0.3, -0.25) is 29.0 Å². The second kappa shape index (κ2) is 5.95. The SMILES string of the molecule is O=C1C2C3CCCN3C3(C(=O)c4ccccc4C3=O)C2C(=O)N1Cc1ccccc1. The van der Waals surface area contributed by atoms with E-state index in [1.807, 2.05) is 35.2 Å². The zero-order valence-electron chi connectivity index (χ0n) is 16.3. The van der Waals surface area contributed by atoms with Gasteiger partial charge in [0.05, 0.1) is 18.4 Å². The Kier molecular flexibility index (Phi) is 3.51. The van der Waals surface area contributed by atoms with Gasteiger partial charge < -0.3 is 0 Å². The number of carbonyl (C=O) groups excluding carboxylic acids is 4. The summed E-state index contributed by atoms with van der Waals surface area (Å²) in [6.07, 6.45) is 1.53. The number of hydrogen-bond acceptors (Lipinski definition) is 5. The number of likely N-dealkylation sites (tertiary alicyclic amines) is 1. The average Bonchev–Trinajstić information content (AvgIpc) is 3.46. The summed E-state index contributed by atoms with van der Waals surface area (Å²) in [5.74, 6) is -2.84. The van der Waals surface area contributed by atoms with Crippen LogP contribution < -0.4 is 0 Å². The summed E-state index contributed by atoms with van der Waals surface area (Å²) in [6, 6.07) is 15.9. The van der Waals surface area contributed by atoms with E-state index in [-0.39, 0.29) is 30.1 Å². The first-order valence-corrected chi connectivity index (χ1v) is 10.4. The molecule has 2 amide bonds. The molecule has 0 N–H and O–H groups in total. The van der Waals surface area contributed by atoms with Crippen LogP contribution in [0, 0.1) is 11.8 Å². The standard InChI is InChI=1S/C24H20N2O4/c27-20-15-9-4-5-10-16(15)21(28)24(20)19-18(17-11-6-12-26(17)24)22(29)25(23(19)30)13-14-7-2-1-3-8-14/h1-5,7-10,17-19H,6,11-13H2. The van der Waals surface area contributed by atoms with Crippen LogP contribution in [0.4, 0.5) is 0 Å². The summed E-state index contributed by atoms with van der Waals surface area (Å²) in [6.45, 7) is 0.728. The van der Waals surface area contributed by atoms with Crippen LogP contribution in [0.2, 0.25) is 0 Å². The normalized spacial score (nSPS) is 29.1. The number of carbonyl (C=O) groups is 4.